The summed E-state index contributed by atoms with van der Waals surface area (Å²) in [5.41, 5.74) is 0. The van der Waals surface area contributed by atoms with Gasteiger partial charge in [-0.05, 0) is 44.9 Å². The Labute approximate surface area is 419 Å². The third-order valence-corrected chi connectivity index (χ3v) is 14.3. The monoisotopic (exact) mass is 964 g/mol. The van der Waals surface area contributed by atoms with E-state index in [-0.39, 0.29) is 12.5 Å². The number of ether oxygens (including phenoxy) is 2. The molecule has 1 saturated heterocycles. The van der Waals surface area contributed by atoms with Crippen molar-refractivity contribution in [2.24, 2.45) is 0 Å². The zero-order valence-corrected chi connectivity index (χ0v) is 44.6. The highest BCUT2D eigenvalue weighted by atomic mass is 16.7. The minimum atomic E-state index is -1.55. The van der Waals surface area contributed by atoms with Gasteiger partial charge in [-0.25, -0.2) is 0 Å². The molecular formula is C59H113NO8. The zero-order chi connectivity index (χ0) is 49.4. The third-order valence-electron chi connectivity index (χ3n) is 14.3. The highest BCUT2D eigenvalue weighted by Gasteiger charge is 2.44. The number of hydrogen-bond acceptors (Lipinski definition) is 8. The van der Waals surface area contributed by atoms with E-state index in [1.54, 1.807) is 0 Å². The molecule has 0 saturated carbocycles. The van der Waals surface area contributed by atoms with E-state index in [4.69, 9.17) is 9.47 Å². The summed E-state index contributed by atoms with van der Waals surface area (Å²) in [6.07, 6.45) is 55.0. The van der Waals surface area contributed by atoms with E-state index < -0.39 is 49.5 Å². The second kappa shape index (κ2) is 49.3. The number of carbonyl (C=O) groups excluding carboxylic acids is 1. The maximum atomic E-state index is 13.1. The maximum Gasteiger partial charge on any atom is 0.220 e. The molecule has 1 heterocycles. The Bertz CT molecular complexity index is 1120. The SMILES string of the molecule is CCCCCCCCCCC/C=C\C/C=C\CCCCCCCCCCCCCCCCCC(=O)NC(COC1OC(CO)C(O)C(O)C1O)C(O)CCCCCCCCCCCCCCCC. The van der Waals surface area contributed by atoms with Gasteiger partial charge in [0.05, 0.1) is 25.4 Å². The van der Waals surface area contributed by atoms with E-state index >= 15 is 0 Å². The van der Waals surface area contributed by atoms with Gasteiger partial charge < -0.3 is 40.3 Å². The van der Waals surface area contributed by atoms with Crippen LogP contribution in [0.4, 0.5) is 0 Å². The number of unbranched alkanes of at least 4 members (excludes halogenated alkanes) is 37. The van der Waals surface area contributed by atoms with Crippen molar-refractivity contribution < 1.29 is 39.8 Å². The lowest BCUT2D eigenvalue weighted by Gasteiger charge is -2.40. The average molecular weight is 965 g/mol. The van der Waals surface area contributed by atoms with Crippen molar-refractivity contribution in [3.63, 3.8) is 0 Å². The van der Waals surface area contributed by atoms with Gasteiger partial charge in [0.2, 0.25) is 5.91 Å². The quantitative estimate of drug-likeness (QED) is 0.0261. The predicted molar refractivity (Wildman–Crippen MR) is 286 cm³/mol. The molecule has 7 unspecified atom stereocenters. The number of nitrogens with one attached hydrogen (secondary N) is 1. The van der Waals surface area contributed by atoms with Crippen LogP contribution < -0.4 is 5.32 Å². The van der Waals surface area contributed by atoms with Crippen LogP contribution in [-0.2, 0) is 14.3 Å². The summed E-state index contributed by atoms with van der Waals surface area (Å²) in [6.45, 7) is 3.86. The molecular weight excluding hydrogens is 851 g/mol. The van der Waals surface area contributed by atoms with Crippen LogP contribution in [-0.4, -0.2) is 87.5 Å². The number of rotatable bonds is 51. The lowest BCUT2D eigenvalue weighted by molar-refractivity contribution is -0.302. The van der Waals surface area contributed by atoms with Gasteiger partial charge in [0.1, 0.15) is 24.4 Å². The van der Waals surface area contributed by atoms with Gasteiger partial charge >= 0.3 is 0 Å². The first kappa shape index (κ1) is 64.7. The van der Waals surface area contributed by atoms with E-state index in [0.29, 0.717) is 12.8 Å². The summed E-state index contributed by atoms with van der Waals surface area (Å²) >= 11 is 0. The van der Waals surface area contributed by atoms with Crippen molar-refractivity contribution in [1.82, 2.24) is 5.32 Å². The summed E-state index contributed by atoms with van der Waals surface area (Å²) in [6, 6.07) is -0.717. The predicted octanol–water partition coefficient (Wildman–Crippen LogP) is 14.6. The normalized spacial score (nSPS) is 19.7. The lowest BCUT2D eigenvalue weighted by Crippen LogP contribution is -2.60. The first-order valence-corrected chi connectivity index (χ1v) is 29.5. The molecule has 1 rings (SSSR count). The molecule has 1 amide bonds. The van der Waals surface area contributed by atoms with Gasteiger partial charge in [0, 0.05) is 6.42 Å². The standard InChI is InChI=1S/C59H113NO8/c1-3-5-7-9-11-13-15-17-19-20-21-22-23-24-25-26-27-28-29-30-31-32-33-34-35-37-39-41-43-45-47-49-55(63)60-52(51-67-59-58(66)57(65)56(64)54(50-61)68-59)53(62)48-46-44-42-40-38-36-18-16-14-12-10-8-6-4-2/h21-22,24-25,52-54,56-59,61-62,64-66H,3-20,23,26-51H2,1-2H3,(H,60,63)/b22-21-,25-24-. The summed E-state index contributed by atoms with van der Waals surface area (Å²) < 4.78 is 11.3. The Morgan fingerprint density at radius 3 is 1.26 bits per heavy atom. The zero-order valence-electron chi connectivity index (χ0n) is 44.6. The van der Waals surface area contributed by atoms with Crippen LogP contribution in [0.2, 0.25) is 0 Å². The number of aliphatic hydroxyl groups excluding tert-OH is 5. The first-order chi connectivity index (χ1) is 33.3. The van der Waals surface area contributed by atoms with Crippen LogP contribution >= 0.6 is 0 Å². The number of allylic oxidation sites excluding steroid dienone is 4. The van der Waals surface area contributed by atoms with E-state index in [9.17, 15) is 30.3 Å². The number of amides is 1. The van der Waals surface area contributed by atoms with Crippen molar-refractivity contribution in [3.05, 3.63) is 24.3 Å². The van der Waals surface area contributed by atoms with Crippen LogP contribution in [0.3, 0.4) is 0 Å². The molecule has 68 heavy (non-hydrogen) atoms. The van der Waals surface area contributed by atoms with Crippen LogP contribution in [0.15, 0.2) is 24.3 Å². The second-order valence-corrected chi connectivity index (χ2v) is 20.8. The fourth-order valence-corrected chi connectivity index (χ4v) is 9.61. The molecule has 0 aliphatic carbocycles. The van der Waals surface area contributed by atoms with Gasteiger partial charge in [0.25, 0.3) is 0 Å². The molecule has 7 atom stereocenters. The minimum absolute atomic E-state index is 0.135. The van der Waals surface area contributed by atoms with Crippen LogP contribution in [0.1, 0.15) is 290 Å². The Hall–Kier alpha value is -1.33. The Balaban J connectivity index is 2.12. The van der Waals surface area contributed by atoms with E-state index in [1.807, 2.05) is 0 Å². The Morgan fingerprint density at radius 1 is 0.500 bits per heavy atom. The summed E-state index contributed by atoms with van der Waals surface area (Å²) in [7, 11) is 0. The van der Waals surface area contributed by atoms with Crippen molar-refractivity contribution in [1.29, 1.82) is 0 Å². The van der Waals surface area contributed by atoms with E-state index in [0.717, 1.165) is 44.9 Å². The smallest absolute Gasteiger partial charge is 0.220 e. The molecule has 0 radical (unpaired) electrons. The Kier molecular flexibility index (Phi) is 46.9. The number of aliphatic hydroxyl groups is 5. The summed E-state index contributed by atoms with van der Waals surface area (Å²) in [4.78, 5) is 13.1. The molecule has 0 bridgehead atoms. The summed E-state index contributed by atoms with van der Waals surface area (Å²) in [5, 5.41) is 54.6. The molecule has 1 fully saturated rings. The molecule has 9 heteroatoms. The van der Waals surface area contributed by atoms with Crippen molar-refractivity contribution in [2.45, 2.75) is 333 Å². The molecule has 0 aromatic rings. The number of carbonyl (C=O) groups is 1. The molecule has 402 valence electrons. The van der Waals surface area contributed by atoms with Gasteiger partial charge in [-0.1, -0.05) is 263 Å². The van der Waals surface area contributed by atoms with Crippen LogP contribution in [0.25, 0.3) is 0 Å². The van der Waals surface area contributed by atoms with Crippen LogP contribution in [0.5, 0.6) is 0 Å². The largest absolute Gasteiger partial charge is 0.394 e. The maximum absolute atomic E-state index is 13.1. The van der Waals surface area contributed by atoms with Gasteiger partial charge in [-0.15, -0.1) is 0 Å². The molecule has 1 aliphatic heterocycles. The number of hydrogen-bond donors (Lipinski definition) is 6. The molecule has 1 aliphatic rings. The van der Waals surface area contributed by atoms with Crippen molar-refractivity contribution in [2.75, 3.05) is 13.2 Å². The van der Waals surface area contributed by atoms with E-state index in [2.05, 4.69) is 43.5 Å². The molecule has 0 spiro atoms. The van der Waals surface area contributed by atoms with Crippen LogP contribution in [0, 0.1) is 0 Å². The van der Waals surface area contributed by atoms with Gasteiger partial charge in [-0.3, -0.25) is 4.79 Å². The second-order valence-electron chi connectivity index (χ2n) is 20.8. The first-order valence-electron chi connectivity index (χ1n) is 29.5. The lowest BCUT2D eigenvalue weighted by atomic mass is 9.99. The molecule has 0 aromatic carbocycles. The van der Waals surface area contributed by atoms with Crippen molar-refractivity contribution >= 4 is 5.91 Å². The topological polar surface area (TPSA) is 149 Å². The molecule has 0 aromatic heterocycles. The molecule has 9 nitrogen and oxygen atoms in total. The summed E-state index contributed by atoms with van der Waals surface area (Å²) in [5.74, 6) is -0.141. The van der Waals surface area contributed by atoms with Gasteiger partial charge in [0.15, 0.2) is 6.29 Å². The average Bonchev–Trinajstić information content (AvgIpc) is 3.34. The van der Waals surface area contributed by atoms with E-state index in [1.165, 1.54) is 218 Å². The fourth-order valence-electron chi connectivity index (χ4n) is 9.61. The fraction of sp³-hybridized carbons (Fsp3) is 0.915. The van der Waals surface area contributed by atoms with Crippen molar-refractivity contribution in [3.8, 4) is 0 Å². The molecule has 6 N–H and O–H groups in total. The third kappa shape index (κ3) is 38.4. The highest BCUT2D eigenvalue weighted by molar-refractivity contribution is 5.76. The Morgan fingerprint density at radius 2 is 0.868 bits per heavy atom. The highest BCUT2D eigenvalue weighted by Crippen LogP contribution is 2.23. The minimum Gasteiger partial charge on any atom is -0.394 e. The van der Waals surface area contributed by atoms with Gasteiger partial charge in [-0.2, -0.15) is 0 Å².